The summed E-state index contributed by atoms with van der Waals surface area (Å²) >= 11 is 5.96. The van der Waals surface area contributed by atoms with Gasteiger partial charge in [0, 0.05) is 5.69 Å². The maximum Gasteiger partial charge on any atom is 0.339 e. The van der Waals surface area contributed by atoms with E-state index in [2.05, 4.69) is 10.1 Å². The second-order valence-electron chi connectivity index (χ2n) is 6.35. The summed E-state index contributed by atoms with van der Waals surface area (Å²) in [6.07, 6.45) is 1.04. The van der Waals surface area contributed by atoms with Crippen molar-refractivity contribution in [1.82, 2.24) is 0 Å². The molecule has 2 aromatic carbocycles. The van der Waals surface area contributed by atoms with E-state index in [9.17, 15) is 18.0 Å². The number of carbonyl (C=O) groups is 2. The molecule has 0 unspecified atom stereocenters. The summed E-state index contributed by atoms with van der Waals surface area (Å²) in [7, 11) is -2.47. The minimum absolute atomic E-state index is 0.0937. The van der Waals surface area contributed by atoms with Gasteiger partial charge in [-0.3, -0.25) is 9.10 Å². The van der Waals surface area contributed by atoms with E-state index in [-0.39, 0.29) is 10.6 Å². The Morgan fingerprint density at radius 3 is 2.25 bits per heavy atom. The zero-order chi connectivity index (χ0) is 21.1. The first-order valence-corrected chi connectivity index (χ1v) is 10.5. The van der Waals surface area contributed by atoms with Gasteiger partial charge in [0.15, 0.2) is 0 Å². The first-order chi connectivity index (χ1) is 13.0. The number of sulfonamides is 1. The summed E-state index contributed by atoms with van der Waals surface area (Å²) in [6.45, 7) is 3.27. The molecule has 28 heavy (non-hydrogen) atoms. The van der Waals surface area contributed by atoms with E-state index in [1.165, 1.54) is 25.3 Å². The molecule has 0 aromatic heterocycles. The Kier molecular flexibility index (Phi) is 6.69. The predicted octanol–water partition coefficient (Wildman–Crippen LogP) is 3.15. The first kappa shape index (κ1) is 21.7. The normalized spacial score (nSPS) is 11.0. The van der Waals surface area contributed by atoms with Gasteiger partial charge >= 0.3 is 5.97 Å². The van der Waals surface area contributed by atoms with Crippen molar-refractivity contribution in [3.63, 3.8) is 0 Å². The molecular formula is C19H21ClN2O5S. The van der Waals surface area contributed by atoms with Crippen LogP contribution in [0.15, 0.2) is 36.4 Å². The fourth-order valence-corrected chi connectivity index (χ4v) is 3.73. The third kappa shape index (κ3) is 5.46. The Bertz CT molecular complexity index is 1000. The molecule has 0 aliphatic rings. The number of esters is 1. The smallest absolute Gasteiger partial charge is 0.339 e. The number of benzene rings is 2. The lowest BCUT2D eigenvalue weighted by Gasteiger charge is -2.23. The summed E-state index contributed by atoms with van der Waals surface area (Å²) in [5.74, 6) is -1.21. The molecule has 1 amide bonds. The Balaban J connectivity index is 2.27. The van der Waals surface area contributed by atoms with Gasteiger partial charge in [-0.15, -0.1) is 0 Å². The Labute approximate surface area is 169 Å². The van der Waals surface area contributed by atoms with Crippen LogP contribution in [0.3, 0.4) is 0 Å². The molecule has 0 spiro atoms. The fraction of sp³-hybridized carbons (Fsp3) is 0.263. The van der Waals surface area contributed by atoms with Crippen LogP contribution in [0.2, 0.25) is 5.02 Å². The van der Waals surface area contributed by atoms with Crippen molar-refractivity contribution >= 4 is 44.9 Å². The number of ether oxygens (including phenoxy) is 1. The monoisotopic (exact) mass is 424 g/mol. The second kappa shape index (κ2) is 8.62. The van der Waals surface area contributed by atoms with Crippen molar-refractivity contribution in [2.75, 3.05) is 29.5 Å². The van der Waals surface area contributed by atoms with Crippen LogP contribution in [0.5, 0.6) is 0 Å². The molecule has 2 rings (SSSR count). The summed E-state index contributed by atoms with van der Waals surface area (Å²) in [5, 5.41) is 2.76. The lowest BCUT2D eigenvalue weighted by atomic mass is 10.1. The standard InChI is InChI=1S/C19H21ClN2O5S/c1-12-7-13(2)9-15(8-12)22(28(4,25)26)11-18(23)21-14-5-6-17(20)16(10-14)19(24)27-3/h5-10H,11H2,1-4H3,(H,21,23). The molecule has 0 bridgehead atoms. The quantitative estimate of drug-likeness (QED) is 0.719. The number of amides is 1. The highest BCUT2D eigenvalue weighted by Crippen LogP contribution is 2.23. The van der Waals surface area contributed by atoms with Gasteiger partial charge in [0.25, 0.3) is 0 Å². The maximum absolute atomic E-state index is 12.5. The number of nitrogens with zero attached hydrogens (tertiary/aromatic N) is 1. The van der Waals surface area contributed by atoms with Crippen LogP contribution < -0.4 is 9.62 Å². The molecule has 150 valence electrons. The summed E-state index contributed by atoms with van der Waals surface area (Å²) < 4.78 is 30.1. The van der Waals surface area contributed by atoms with Crippen LogP contribution in [-0.2, 0) is 19.6 Å². The van der Waals surface area contributed by atoms with Crippen LogP contribution in [-0.4, -0.2) is 40.2 Å². The topological polar surface area (TPSA) is 92.8 Å². The number of methoxy groups -OCH3 is 1. The average molecular weight is 425 g/mol. The molecule has 0 saturated heterocycles. The van der Waals surface area contributed by atoms with Crippen LogP contribution >= 0.6 is 11.6 Å². The van der Waals surface area contributed by atoms with Gasteiger partial charge in [-0.1, -0.05) is 17.7 Å². The van der Waals surface area contributed by atoms with Crippen molar-refractivity contribution in [2.24, 2.45) is 0 Å². The predicted molar refractivity (Wildman–Crippen MR) is 110 cm³/mol. The summed E-state index contributed by atoms with van der Waals surface area (Å²) in [6, 6.07) is 9.62. The molecule has 7 nitrogen and oxygen atoms in total. The zero-order valence-corrected chi connectivity index (χ0v) is 17.5. The lowest BCUT2D eigenvalue weighted by Crippen LogP contribution is -2.37. The van der Waals surface area contributed by atoms with E-state index < -0.39 is 28.4 Å². The Morgan fingerprint density at radius 1 is 1.11 bits per heavy atom. The van der Waals surface area contributed by atoms with Crippen molar-refractivity contribution in [3.8, 4) is 0 Å². The van der Waals surface area contributed by atoms with Gasteiger partial charge in [-0.25, -0.2) is 13.2 Å². The number of hydrogen-bond acceptors (Lipinski definition) is 5. The van der Waals surface area contributed by atoms with E-state index in [1.807, 2.05) is 19.9 Å². The van der Waals surface area contributed by atoms with Crippen molar-refractivity contribution < 1.29 is 22.7 Å². The van der Waals surface area contributed by atoms with Gasteiger partial charge in [-0.2, -0.15) is 0 Å². The molecule has 0 heterocycles. The fourth-order valence-electron chi connectivity index (χ4n) is 2.70. The van der Waals surface area contributed by atoms with E-state index >= 15 is 0 Å². The summed E-state index contributed by atoms with van der Waals surface area (Å²) in [4.78, 5) is 24.2. The minimum Gasteiger partial charge on any atom is -0.465 e. The molecule has 0 saturated carbocycles. The Hall–Kier alpha value is -2.58. The molecule has 0 atom stereocenters. The highest BCUT2D eigenvalue weighted by atomic mass is 35.5. The van der Waals surface area contributed by atoms with Crippen LogP contribution in [0.1, 0.15) is 21.5 Å². The van der Waals surface area contributed by atoms with Crippen molar-refractivity contribution in [3.05, 3.63) is 58.1 Å². The molecule has 0 radical (unpaired) electrons. The molecular weight excluding hydrogens is 404 g/mol. The number of anilines is 2. The Morgan fingerprint density at radius 2 is 1.71 bits per heavy atom. The van der Waals surface area contributed by atoms with E-state index in [1.54, 1.807) is 12.1 Å². The van der Waals surface area contributed by atoms with Crippen molar-refractivity contribution in [2.45, 2.75) is 13.8 Å². The van der Waals surface area contributed by atoms with E-state index in [0.29, 0.717) is 11.4 Å². The molecule has 0 aliphatic carbocycles. The number of carbonyl (C=O) groups excluding carboxylic acids is 2. The molecule has 1 N–H and O–H groups in total. The van der Waals surface area contributed by atoms with E-state index in [4.69, 9.17) is 11.6 Å². The molecule has 9 heteroatoms. The second-order valence-corrected chi connectivity index (χ2v) is 8.66. The zero-order valence-electron chi connectivity index (χ0n) is 15.9. The third-order valence-electron chi connectivity index (χ3n) is 3.84. The summed E-state index contributed by atoms with van der Waals surface area (Å²) in [5.41, 5.74) is 2.55. The van der Waals surface area contributed by atoms with Crippen molar-refractivity contribution in [1.29, 1.82) is 0 Å². The largest absolute Gasteiger partial charge is 0.465 e. The van der Waals surface area contributed by atoms with Crippen LogP contribution in [0.4, 0.5) is 11.4 Å². The van der Waals surface area contributed by atoms with Crippen LogP contribution in [0, 0.1) is 13.8 Å². The molecule has 0 fully saturated rings. The number of halogens is 1. The number of rotatable bonds is 6. The molecule has 2 aromatic rings. The first-order valence-electron chi connectivity index (χ1n) is 8.25. The number of nitrogens with one attached hydrogen (secondary N) is 1. The van der Waals surface area contributed by atoms with E-state index in [0.717, 1.165) is 21.7 Å². The molecule has 0 aliphatic heterocycles. The minimum atomic E-state index is -3.69. The highest BCUT2D eigenvalue weighted by Gasteiger charge is 2.22. The number of hydrogen-bond donors (Lipinski definition) is 1. The van der Waals surface area contributed by atoms with Gasteiger partial charge in [0.2, 0.25) is 15.9 Å². The van der Waals surface area contributed by atoms with Crippen LogP contribution in [0.25, 0.3) is 0 Å². The number of aryl methyl sites for hydroxylation is 2. The average Bonchev–Trinajstić information content (AvgIpc) is 2.58. The van der Waals surface area contributed by atoms with Gasteiger partial charge < -0.3 is 10.1 Å². The van der Waals surface area contributed by atoms with Gasteiger partial charge in [-0.05, 0) is 55.3 Å². The third-order valence-corrected chi connectivity index (χ3v) is 5.31. The maximum atomic E-state index is 12.5. The van der Waals surface area contributed by atoms with Gasteiger partial charge in [0.1, 0.15) is 6.54 Å². The SMILES string of the molecule is COC(=O)c1cc(NC(=O)CN(c2cc(C)cc(C)c2)S(C)(=O)=O)ccc1Cl. The lowest BCUT2D eigenvalue weighted by molar-refractivity contribution is -0.114. The van der Waals surface area contributed by atoms with Gasteiger partial charge in [0.05, 0.1) is 29.6 Å². The highest BCUT2D eigenvalue weighted by molar-refractivity contribution is 7.92.